The van der Waals surface area contributed by atoms with Crippen molar-refractivity contribution < 1.29 is 71.8 Å². The van der Waals surface area contributed by atoms with Crippen LogP contribution in [0.25, 0.3) is 33.4 Å². The maximum Gasteiger partial charge on any atom is 0.407 e. The van der Waals surface area contributed by atoms with Gasteiger partial charge in [-0.15, -0.1) is 5.10 Å². The van der Waals surface area contributed by atoms with Crippen LogP contribution in [-0.2, 0) is 55.8 Å². The second kappa shape index (κ2) is 44.4. The summed E-state index contributed by atoms with van der Waals surface area (Å²) in [6.45, 7) is 11.5. The Balaban J connectivity index is 0.000000430. The standard InChI is InChI=1S/C43H74N13O10P.C20H12O5.C9H18O/c1-34(57)20-23-55-32-35(49-50-55)18-19-37(59)14-8-7-11-21-45-43(62)66-29-13-22-52(4)39(61)17-10-9-15-36(58)16-12-28-64-30-31-65-42-47-40(53(5)33-38(44)60)46-41(48-42)54-24-26-56(27-25-54)67(6,63)51(2)3;21-11-5-7-15-17(9-11)25-18-10-12(22)6-8-16(18)19(15)13-3-1-2-4-14(13)20(23)24;1-3-4-5-6-7-8-9(2)10/h32H,7-31,33H2,1-6H3,(H2,44,60)(H,45,62);1-10,21H,(H,23,24);3-8H2,1-2H3. The number of unbranched alkanes of at least 4 members (excludes halogenated alkanes) is 7. The number of ketones is 4. The number of benzene rings is 3. The highest BCUT2D eigenvalue weighted by Crippen LogP contribution is 2.48. The Morgan fingerprint density at radius 1 is 0.716 bits per heavy atom. The zero-order valence-corrected chi connectivity index (χ0v) is 61.4. The van der Waals surface area contributed by atoms with Gasteiger partial charge in [0.2, 0.25) is 31.2 Å². The average molecular weight is 1440 g/mol. The number of aryl methyl sites for hydroxylation is 2. The number of ether oxygens (including phenoxy) is 3. The van der Waals surface area contributed by atoms with Crippen LogP contribution in [0.1, 0.15) is 159 Å². The number of carboxylic acids is 1. The first kappa shape index (κ1) is 83.6. The number of primary amides is 1. The number of hydrogen-bond donors (Lipinski definition) is 4. The topological polar surface area (TPSA) is 376 Å². The summed E-state index contributed by atoms with van der Waals surface area (Å²) in [7, 11) is 4.33. The van der Waals surface area contributed by atoms with Gasteiger partial charge in [-0.1, -0.05) is 62.4 Å². The predicted octanol–water partition coefficient (Wildman–Crippen LogP) is 9.42. The Bertz CT molecular complexity index is 3760. The third-order valence-electron chi connectivity index (χ3n) is 16.8. The lowest BCUT2D eigenvalue weighted by molar-refractivity contribution is -0.130. The molecule has 1 unspecified atom stereocenters. The van der Waals surface area contributed by atoms with E-state index in [0.717, 1.165) is 37.8 Å². The van der Waals surface area contributed by atoms with Crippen molar-refractivity contribution in [3.8, 4) is 34.2 Å². The van der Waals surface area contributed by atoms with E-state index in [-0.39, 0.29) is 78.3 Å². The number of carboxylic acid groups (broad SMARTS) is 1. The van der Waals surface area contributed by atoms with E-state index in [1.54, 1.807) is 92.6 Å². The molecule has 2 aliphatic heterocycles. The van der Waals surface area contributed by atoms with E-state index in [2.05, 4.69) is 37.5 Å². The highest BCUT2D eigenvalue weighted by molar-refractivity contribution is 7.58. The Hall–Kier alpha value is -9.05. The minimum absolute atomic E-state index is 0.0198. The quantitative estimate of drug-likeness (QED) is 0.0157. The number of nitrogens with one attached hydrogen (secondary N) is 1. The van der Waals surface area contributed by atoms with Gasteiger partial charge in [-0.2, -0.15) is 15.0 Å². The first-order valence-electron chi connectivity index (χ1n) is 35.1. The maximum absolute atomic E-state index is 13.1. The summed E-state index contributed by atoms with van der Waals surface area (Å²) in [4.78, 5) is 124. The first-order valence-corrected chi connectivity index (χ1v) is 37.1. The van der Waals surface area contributed by atoms with Crippen LogP contribution in [0.3, 0.4) is 0 Å². The minimum Gasteiger partial charge on any atom is -0.508 e. The number of amides is 3. The number of aromatic carboxylic acids is 1. The van der Waals surface area contributed by atoms with Crippen LogP contribution in [0.15, 0.2) is 76.1 Å². The molecule has 0 spiro atoms. The molecule has 102 heavy (non-hydrogen) atoms. The summed E-state index contributed by atoms with van der Waals surface area (Å²) in [6, 6.07) is 15.7. The van der Waals surface area contributed by atoms with Gasteiger partial charge in [0.25, 0.3) is 0 Å². The lowest BCUT2D eigenvalue weighted by Crippen LogP contribution is -2.47. The molecule has 2 aromatic carbocycles. The number of carbonyl (C=O) groups excluding carboxylic acids is 7. The van der Waals surface area contributed by atoms with Crippen molar-refractivity contribution in [2.45, 2.75) is 156 Å². The van der Waals surface area contributed by atoms with E-state index >= 15 is 0 Å². The fraction of sp³-hybridized carbons (Fsp3) is 0.556. The van der Waals surface area contributed by atoms with Crippen molar-refractivity contribution in [1.82, 2.24) is 49.5 Å². The summed E-state index contributed by atoms with van der Waals surface area (Å²) in [5.74, 6) is -0.0000943. The number of hydrogen-bond acceptors (Lipinski definition) is 22. The molecule has 2 aromatic heterocycles. The van der Waals surface area contributed by atoms with Gasteiger partial charge < -0.3 is 59.4 Å². The molecule has 3 amide bonds. The van der Waals surface area contributed by atoms with Crippen LogP contribution in [0.2, 0.25) is 0 Å². The minimum atomic E-state index is -2.63. The second-order valence-electron chi connectivity index (χ2n) is 25.5. The van der Waals surface area contributed by atoms with E-state index < -0.39 is 25.4 Å². The number of phenolic OH excluding ortho intramolecular Hbond substituents is 1. The molecular formula is C72H104N13O16P. The third-order valence-corrected chi connectivity index (χ3v) is 19.7. The first-order chi connectivity index (χ1) is 48.7. The Morgan fingerprint density at radius 2 is 1.39 bits per heavy atom. The van der Waals surface area contributed by atoms with Crippen LogP contribution >= 0.6 is 7.44 Å². The molecule has 3 aliphatic rings. The second-order valence-corrected chi connectivity index (χ2v) is 28.5. The van der Waals surface area contributed by atoms with Crippen molar-refractivity contribution in [3.63, 3.8) is 0 Å². The number of nitrogens with zero attached hydrogens (tertiary/aromatic N) is 11. The van der Waals surface area contributed by atoms with E-state index in [9.17, 15) is 57.9 Å². The average Bonchev–Trinajstić information content (AvgIpc) is 0.753. The molecule has 1 aliphatic carbocycles. The molecule has 558 valence electrons. The largest absolute Gasteiger partial charge is 0.508 e. The molecule has 1 atom stereocenters. The van der Waals surface area contributed by atoms with Crippen LogP contribution in [0, 0.1) is 0 Å². The maximum atomic E-state index is 13.1. The molecule has 1 fully saturated rings. The van der Waals surface area contributed by atoms with Crippen LogP contribution in [-0.4, -0.2) is 209 Å². The lowest BCUT2D eigenvalue weighted by Gasteiger charge is -2.39. The Labute approximate surface area is 597 Å². The smallest absolute Gasteiger partial charge is 0.407 e. The lowest BCUT2D eigenvalue weighted by atomic mass is 9.91. The van der Waals surface area contributed by atoms with Crippen LogP contribution in [0.5, 0.6) is 11.8 Å². The van der Waals surface area contributed by atoms with Gasteiger partial charge >= 0.3 is 18.1 Å². The van der Waals surface area contributed by atoms with Gasteiger partial charge in [0.15, 0.2) is 5.43 Å². The number of piperazine rings is 1. The van der Waals surface area contributed by atoms with Gasteiger partial charge in [0, 0.05) is 153 Å². The number of rotatable bonds is 43. The van der Waals surface area contributed by atoms with Crippen LogP contribution in [0.4, 0.5) is 16.7 Å². The number of fused-ring (bicyclic) bond motifs is 2. The van der Waals surface area contributed by atoms with Crippen molar-refractivity contribution in [2.24, 2.45) is 5.73 Å². The van der Waals surface area contributed by atoms with Crippen molar-refractivity contribution in [2.75, 3.05) is 117 Å². The van der Waals surface area contributed by atoms with Gasteiger partial charge in [-0.05, 0) is 115 Å². The molecule has 29 nitrogen and oxygen atoms in total. The van der Waals surface area contributed by atoms with E-state index in [4.69, 9.17) is 24.4 Å². The van der Waals surface area contributed by atoms with Gasteiger partial charge in [0.1, 0.15) is 46.8 Å². The number of likely N-dealkylation sites (N-methyl/N-ethyl adjacent to an activating group) is 1. The summed E-state index contributed by atoms with van der Waals surface area (Å²) in [6.07, 6.45) is 15.6. The van der Waals surface area contributed by atoms with Crippen molar-refractivity contribution >= 4 is 77.3 Å². The number of anilines is 2. The van der Waals surface area contributed by atoms with E-state index in [1.165, 1.54) is 67.8 Å². The molecule has 4 heterocycles. The number of aromatic nitrogens is 6. The number of phenols is 1. The summed E-state index contributed by atoms with van der Waals surface area (Å²) in [5.41, 5.74) is 8.23. The fourth-order valence-corrected chi connectivity index (χ4v) is 12.2. The number of Topliss-reactive ketones (excluding diaryl/α,β-unsaturated/α-hetero) is 4. The summed E-state index contributed by atoms with van der Waals surface area (Å²) >= 11 is 0. The molecule has 4 aromatic rings. The highest BCUT2D eigenvalue weighted by Gasteiger charge is 2.32. The number of nitrogens with two attached hydrogens (primary N) is 1. The molecule has 5 N–H and O–H groups in total. The zero-order chi connectivity index (χ0) is 74.6. The van der Waals surface area contributed by atoms with Crippen molar-refractivity contribution in [3.05, 3.63) is 88.3 Å². The van der Waals surface area contributed by atoms with Gasteiger partial charge in [-0.25, -0.2) is 18.9 Å². The van der Waals surface area contributed by atoms with Gasteiger partial charge in [0.05, 0.1) is 31.0 Å². The molecule has 1 saturated heterocycles. The number of carbonyl (C=O) groups is 8. The zero-order valence-electron chi connectivity index (χ0n) is 60.5. The molecule has 7 rings (SSSR count). The predicted molar refractivity (Wildman–Crippen MR) is 388 cm³/mol. The third kappa shape index (κ3) is 29.9. The SMILES string of the molecule is CC(=O)CCn1cc(CCC(=O)CCCCCNC(=O)OCCCN(C)C(=O)CCCCC(=O)CCCOCCOc2nc(N(C)CC(N)=O)nc(N3CCN(P(C)(=O)N(C)C)CC3)n2)nn1.CCCCCCCC(C)=O.O=C(O)c1ccccc1-c1c2ccc(=O)cc-2oc2cc(O)ccc12. The molecule has 0 saturated carbocycles. The Morgan fingerprint density at radius 3 is 2.10 bits per heavy atom. The normalized spacial score (nSPS) is 12.7. The highest BCUT2D eigenvalue weighted by atomic mass is 31.2. The molecule has 30 heteroatoms. The summed E-state index contributed by atoms with van der Waals surface area (Å²) in [5, 5.41) is 30.7. The molecule has 0 radical (unpaired) electrons. The van der Waals surface area contributed by atoms with Crippen LogP contribution < -0.4 is 31.0 Å². The van der Waals surface area contributed by atoms with E-state index in [0.29, 0.717) is 168 Å². The molecular weight excluding hydrogens is 1330 g/mol. The molecule has 0 bridgehead atoms. The monoisotopic (exact) mass is 1440 g/mol. The Kier molecular flexibility index (Phi) is 36.4. The summed E-state index contributed by atoms with van der Waals surface area (Å²) < 4.78 is 40.9. The van der Waals surface area contributed by atoms with Crippen molar-refractivity contribution in [1.29, 1.82) is 0 Å². The number of alkyl carbamates (subject to hydrolysis) is 1. The fourth-order valence-electron chi connectivity index (χ4n) is 10.8. The van der Waals surface area contributed by atoms with E-state index in [1.807, 2.05) is 9.57 Å². The number of aromatic hydroxyl groups is 1. The van der Waals surface area contributed by atoms with Gasteiger partial charge in [-0.3, -0.25) is 38.0 Å².